The van der Waals surface area contributed by atoms with Crippen LogP contribution in [0, 0.1) is 5.41 Å². The third-order valence-electron chi connectivity index (χ3n) is 5.32. The molecule has 0 aromatic carbocycles. The highest BCUT2D eigenvalue weighted by Crippen LogP contribution is 2.38. The summed E-state index contributed by atoms with van der Waals surface area (Å²) in [6, 6.07) is 0.932. The van der Waals surface area contributed by atoms with E-state index in [0.29, 0.717) is 17.5 Å². The molecule has 120 valence electrons. The van der Waals surface area contributed by atoms with Crippen molar-refractivity contribution in [2.24, 2.45) is 5.41 Å². The number of nitrogens with one attached hydrogen (secondary N) is 1. The van der Waals surface area contributed by atoms with E-state index in [0.717, 1.165) is 6.42 Å². The van der Waals surface area contributed by atoms with E-state index < -0.39 is 0 Å². The smallest absolute Gasteiger partial charge is 0.0611 e. The zero-order valence-electron chi connectivity index (χ0n) is 14.5. The molecule has 0 aromatic heterocycles. The SMILES string of the molecule is CCC1(CC)CCN(C(C)CC(C)(CO)NC(C)C)C1. The van der Waals surface area contributed by atoms with E-state index in [9.17, 15) is 5.11 Å². The topological polar surface area (TPSA) is 35.5 Å². The molecular formula is C17H36N2O. The van der Waals surface area contributed by atoms with Crippen molar-refractivity contribution in [1.29, 1.82) is 0 Å². The average molecular weight is 284 g/mol. The Kier molecular flexibility index (Phi) is 6.49. The summed E-state index contributed by atoms with van der Waals surface area (Å²) in [4.78, 5) is 2.63. The molecule has 3 nitrogen and oxygen atoms in total. The van der Waals surface area contributed by atoms with Crippen molar-refractivity contribution < 1.29 is 5.11 Å². The number of aliphatic hydroxyl groups is 1. The minimum atomic E-state index is -0.169. The van der Waals surface area contributed by atoms with Crippen LogP contribution in [0.3, 0.4) is 0 Å². The Labute approximate surface area is 126 Å². The Hall–Kier alpha value is -0.120. The maximum Gasteiger partial charge on any atom is 0.0611 e. The van der Waals surface area contributed by atoms with E-state index in [1.807, 2.05) is 0 Å². The van der Waals surface area contributed by atoms with Gasteiger partial charge in [-0.15, -0.1) is 0 Å². The number of nitrogens with zero attached hydrogens (tertiary/aromatic N) is 1. The van der Waals surface area contributed by atoms with Crippen molar-refractivity contribution in [2.75, 3.05) is 19.7 Å². The second-order valence-corrected chi connectivity index (χ2v) is 7.50. The Morgan fingerprint density at radius 3 is 2.25 bits per heavy atom. The summed E-state index contributed by atoms with van der Waals surface area (Å²) in [6.07, 6.45) is 4.91. The van der Waals surface area contributed by atoms with Crippen molar-refractivity contribution >= 4 is 0 Å². The molecule has 1 aliphatic heterocycles. The van der Waals surface area contributed by atoms with E-state index in [1.165, 1.54) is 32.4 Å². The molecule has 0 spiro atoms. The first-order chi connectivity index (χ1) is 9.29. The van der Waals surface area contributed by atoms with E-state index in [2.05, 4.69) is 51.8 Å². The minimum Gasteiger partial charge on any atom is -0.394 e. The molecule has 1 rings (SSSR count). The van der Waals surface area contributed by atoms with Gasteiger partial charge in [-0.05, 0) is 51.5 Å². The van der Waals surface area contributed by atoms with Gasteiger partial charge < -0.3 is 15.3 Å². The number of hydrogen-bond donors (Lipinski definition) is 2. The van der Waals surface area contributed by atoms with Gasteiger partial charge in [0.2, 0.25) is 0 Å². The zero-order chi connectivity index (χ0) is 15.4. The van der Waals surface area contributed by atoms with Gasteiger partial charge in [-0.1, -0.05) is 27.7 Å². The van der Waals surface area contributed by atoms with Crippen molar-refractivity contribution in [1.82, 2.24) is 10.2 Å². The third-order valence-corrected chi connectivity index (χ3v) is 5.32. The molecule has 0 aliphatic carbocycles. The van der Waals surface area contributed by atoms with Crippen molar-refractivity contribution in [3.63, 3.8) is 0 Å². The van der Waals surface area contributed by atoms with Crippen LogP contribution in [-0.2, 0) is 0 Å². The Balaban J connectivity index is 2.60. The molecule has 3 heteroatoms. The molecule has 2 atom stereocenters. The molecule has 1 saturated heterocycles. The largest absolute Gasteiger partial charge is 0.394 e. The number of likely N-dealkylation sites (tertiary alicyclic amines) is 1. The Morgan fingerprint density at radius 2 is 1.85 bits per heavy atom. The summed E-state index contributed by atoms with van der Waals surface area (Å²) in [6.45, 7) is 16.1. The van der Waals surface area contributed by atoms with Crippen LogP contribution in [0.25, 0.3) is 0 Å². The molecule has 1 heterocycles. The van der Waals surface area contributed by atoms with Crippen molar-refractivity contribution in [2.45, 2.75) is 84.8 Å². The van der Waals surface area contributed by atoms with Crippen LogP contribution in [0.15, 0.2) is 0 Å². The molecule has 1 aliphatic rings. The first kappa shape index (κ1) is 17.9. The standard InChI is InChI=1S/C17H36N2O/c1-7-17(8-2)9-10-19(12-17)15(5)11-16(6,13-20)18-14(3)4/h14-15,18,20H,7-13H2,1-6H3. The molecule has 0 bridgehead atoms. The van der Waals surface area contributed by atoms with Gasteiger partial charge in [-0.3, -0.25) is 0 Å². The van der Waals surface area contributed by atoms with Crippen molar-refractivity contribution in [3.8, 4) is 0 Å². The lowest BCUT2D eigenvalue weighted by molar-refractivity contribution is 0.112. The minimum absolute atomic E-state index is 0.169. The quantitative estimate of drug-likeness (QED) is 0.719. The predicted molar refractivity (Wildman–Crippen MR) is 87.0 cm³/mol. The summed E-state index contributed by atoms with van der Waals surface area (Å²) in [5.41, 5.74) is 0.368. The van der Waals surface area contributed by atoms with Crippen LogP contribution in [0.1, 0.15) is 67.2 Å². The van der Waals surface area contributed by atoms with Gasteiger partial charge in [0, 0.05) is 24.2 Å². The Morgan fingerprint density at radius 1 is 1.25 bits per heavy atom. The second-order valence-electron chi connectivity index (χ2n) is 7.50. The molecule has 2 unspecified atom stereocenters. The monoisotopic (exact) mass is 284 g/mol. The maximum atomic E-state index is 9.74. The summed E-state index contributed by atoms with van der Waals surface area (Å²) in [7, 11) is 0. The fourth-order valence-corrected chi connectivity index (χ4v) is 3.82. The molecule has 0 radical (unpaired) electrons. The average Bonchev–Trinajstić information content (AvgIpc) is 2.83. The first-order valence-corrected chi connectivity index (χ1v) is 8.42. The number of rotatable bonds is 8. The van der Waals surface area contributed by atoms with Crippen LogP contribution in [0.4, 0.5) is 0 Å². The summed E-state index contributed by atoms with van der Waals surface area (Å²) in [5, 5.41) is 13.3. The van der Waals surface area contributed by atoms with E-state index in [-0.39, 0.29) is 12.1 Å². The highest BCUT2D eigenvalue weighted by atomic mass is 16.3. The van der Waals surface area contributed by atoms with E-state index in [1.54, 1.807) is 0 Å². The van der Waals surface area contributed by atoms with Gasteiger partial charge in [0.05, 0.1) is 6.61 Å². The maximum absolute atomic E-state index is 9.74. The van der Waals surface area contributed by atoms with Crippen LogP contribution in [0.2, 0.25) is 0 Å². The highest BCUT2D eigenvalue weighted by molar-refractivity contribution is 4.94. The van der Waals surface area contributed by atoms with Crippen LogP contribution >= 0.6 is 0 Å². The van der Waals surface area contributed by atoms with Crippen LogP contribution in [0.5, 0.6) is 0 Å². The highest BCUT2D eigenvalue weighted by Gasteiger charge is 2.38. The summed E-state index contributed by atoms with van der Waals surface area (Å²) < 4.78 is 0. The van der Waals surface area contributed by atoms with E-state index >= 15 is 0 Å². The fraction of sp³-hybridized carbons (Fsp3) is 1.00. The van der Waals surface area contributed by atoms with E-state index in [4.69, 9.17) is 0 Å². The molecule has 20 heavy (non-hydrogen) atoms. The van der Waals surface area contributed by atoms with Gasteiger partial charge in [0.1, 0.15) is 0 Å². The fourth-order valence-electron chi connectivity index (χ4n) is 3.82. The number of hydrogen-bond acceptors (Lipinski definition) is 3. The molecule has 2 N–H and O–H groups in total. The normalized spacial score (nSPS) is 24.0. The van der Waals surface area contributed by atoms with Crippen LogP contribution in [-0.4, -0.2) is 47.3 Å². The second kappa shape index (κ2) is 7.24. The summed E-state index contributed by atoms with van der Waals surface area (Å²) >= 11 is 0. The van der Waals surface area contributed by atoms with Gasteiger partial charge in [0.15, 0.2) is 0 Å². The lowest BCUT2D eigenvalue weighted by atomic mass is 9.82. The van der Waals surface area contributed by atoms with Gasteiger partial charge >= 0.3 is 0 Å². The Bertz CT molecular complexity index is 289. The third kappa shape index (κ3) is 4.44. The molecule has 0 amide bonds. The first-order valence-electron chi connectivity index (χ1n) is 8.42. The van der Waals surface area contributed by atoms with Crippen LogP contribution < -0.4 is 5.32 Å². The number of aliphatic hydroxyl groups excluding tert-OH is 1. The predicted octanol–water partition coefficient (Wildman–Crippen LogP) is 3.03. The summed E-state index contributed by atoms with van der Waals surface area (Å²) in [5.74, 6) is 0. The van der Waals surface area contributed by atoms with Gasteiger partial charge in [-0.2, -0.15) is 0 Å². The zero-order valence-corrected chi connectivity index (χ0v) is 14.5. The molecule has 0 aromatic rings. The molecule has 0 saturated carbocycles. The van der Waals surface area contributed by atoms with Gasteiger partial charge in [-0.25, -0.2) is 0 Å². The molecule has 1 fully saturated rings. The molecular weight excluding hydrogens is 248 g/mol. The van der Waals surface area contributed by atoms with Crippen molar-refractivity contribution in [3.05, 3.63) is 0 Å². The lowest BCUT2D eigenvalue weighted by Crippen LogP contribution is -2.52. The van der Waals surface area contributed by atoms with Gasteiger partial charge in [0.25, 0.3) is 0 Å². The lowest BCUT2D eigenvalue weighted by Gasteiger charge is -2.37.